The topological polar surface area (TPSA) is 72.0 Å². The summed E-state index contributed by atoms with van der Waals surface area (Å²) in [5, 5.41) is 0.208. The van der Waals surface area contributed by atoms with Crippen LogP contribution in [0.1, 0.15) is 0 Å². The molecule has 1 N–H and O–H groups in total. The molecule has 114 valence electrons. The van der Waals surface area contributed by atoms with Crippen LogP contribution < -0.4 is 4.72 Å². The normalized spacial score (nSPS) is 11.5. The molecule has 0 aliphatic carbocycles. The van der Waals surface area contributed by atoms with E-state index in [9.17, 15) is 8.42 Å². The lowest BCUT2D eigenvalue weighted by Gasteiger charge is -2.00. The van der Waals surface area contributed by atoms with Gasteiger partial charge in [0.25, 0.3) is 10.0 Å². The van der Waals surface area contributed by atoms with Crippen LogP contribution in [0.25, 0.3) is 11.4 Å². The molecular weight excluding hydrogens is 430 g/mol. The quantitative estimate of drug-likeness (QED) is 0.654. The third-order valence-corrected chi connectivity index (χ3v) is 7.61. The van der Waals surface area contributed by atoms with Crippen LogP contribution in [0.15, 0.2) is 45.1 Å². The summed E-state index contributed by atoms with van der Waals surface area (Å²) in [7, 11) is -3.72. The van der Waals surface area contributed by atoms with Gasteiger partial charge in [-0.1, -0.05) is 41.9 Å². The third-order valence-electron chi connectivity index (χ3n) is 2.57. The second kappa shape index (κ2) is 6.25. The average molecular weight is 437 g/mol. The van der Waals surface area contributed by atoms with E-state index < -0.39 is 10.0 Å². The molecule has 22 heavy (non-hydrogen) atoms. The van der Waals surface area contributed by atoms with Crippen molar-refractivity contribution in [3.05, 3.63) is 45.2 Å². The largest absolute Gasteiger partial charge is 0.273 e. The second-order valence-electron chi connectivity index (χ2n) is 4.08. The maximum Gasteiger partial charge on any atom is 0.273 e. The van der Waals surface area contributed by atoms with E-state index in [1.807, 2.05) is 30.3 Å². The van der Waals surface area contributed by atoms with E-state index in [1.165, 1.54) is 6.07 Å². The third kappa shape index (κ3) is 3.33. The zero-order chi connectivity index (χ0) is 15.7. The Morgan fingerprint density at radius 3 is 2.59 bits per heavy atom. The molecule has 0 atom stereocenters. The van der Waals surface area contributed by atoms with Crippen LogP contribution >= 0.6 is 50.4 Å². The zero-order valence-corrected chi connectivity index (χ0v) is 15.4. The van der Waals surface area contributed by atoms with Crippen LogP contribution in [-0.2, 0) is 10.0 Å². The van der Waals surface area contributed by atoms with Gasteiger partial charge in [-0.15, -0.1) is 11.3 Å². The molecule has 5 nitrogen and oxygen atoms in total. The summed E-state index contributed by atoms with van der Waals surface area (Å²) < 4.78 is 32.1. The molecule has 2 aromatic heterocycles. The summed E-state index contributed by atoms with van der Waals surface area (Å²) in [4.78, 5) is 4.20. The number of nitrogens with one attached hydrogen (secondary N) is 1. The summed E-state index contributed by atoms with van der Waals surface area (Å²) in [6.07, 6.45) is 0. The number of rotatable bonds is 4. The lowest BCUT2D eigenvalue weighted by molar-refractivity contribution is 0.603. The van der Waals surface area contributed by atoms with Gasteiger partial charge in [-0.25, -0.2) is 8.42 Å². The van der Waals surface area contributed by atoms with Crippen molar-refractivity contribution in [1.29, 1.82) is 0 Å². The Hall–Kier alpha value is -1.000. The van der Waals surface area contributed by atoms with Crippen molar-refractivity contribution in [2.75, 3.05) is 4.72 Å². The fourth-order valence-electron chi connectivity index (χ4n) is 1.59. The molecular formula is C12H7BrClN3O2S3. The Labute approximate surface area is 148 Å². The van der Waals surface area contributed by atoms with Crippen molar-refractivity contribution in [3.63, 3.8) is 0 Å². The Bertz CT molecular complexity index is 889. The van der Waals surface area contributed by atoms with Crippen LogP contribution in [-0.4, -0.2) is 17.8 Å². The molecule has 0 saturated heterocycles. The standard InChI is InChI=1S/C12H7BrClN3O2S3/c13-8-6-9(20-10(8)14)22(18,19)17-12-15-11(16-21-12)7-4-2-1-3-5-7/h1-6H,(H,15,16,17). The van der Waals surface area contributed by atoms with Crippen molar-refractivity contribution in [1.82, 2.24) is 9.36 Å². The summed E-state index contributed by atoms with van der Waals surface area (Å²) in [5.74, 6) is 0.480. The fraction of sp³-hybridized carbons (Fsp3) is 0. The number of hydrogen-bond donors (Lipinski definition) is 1. The van der Waals surface area contributed by atoms with Gasteiger partial charge in [-0.05, 0) is 22.0 Å². The first-order valence-corrected chi connectivity index (χ1v) is 10.1. The Morgan fingerprint density at radius 2 is 1.95 bits per heavy atom. The molecule has 0 spiro atoms. The summed E-state index contributed by atoms with van der Waals surface area (Å²) in [5.41, 5.74) is 0.825. The van der Waals surface area contributed by atoms with Crippen molar-refractivity contribution in [2.24, 2.45) is 0 Å². The van der Waals surface area contributed by atoms with Gasteiger partial charge < -0.3 is 0 Å². The van der Waals surface area contributed by atoms with Gasteiger partial charge >= 0.3 is 0 Å². The van der Waals surface area contributed by atoms with Crippen LogP contribution in [0, 0.1) is 0 Å². The van der Waals surface area contributed by atoms with Crippen molar-refractivity contribution in [3.8, 4) is 11.4 Å². The molecule has 0 radical (unpaired) electrons. The summed E-state index contributed by atoms with van der Waals surface area (Å²) in [6, 6.07) is 10.8. The second-order valence-corrected chi connectivity index (χ2v) is 9.25. The average Bonchev–Trinajstić information content (AvgIpc) is 3.08. The fourth-order valence-corrected chi connectivity index (χ4v) is 5.71. The van der Waals surface area contributed by atoms with Gasteiger partial charge in [-0.2, -0.15) is 9.36 Å². The molecule has 0 aliphatic heterocycles. The molecule has 0 bridgehead atoms. The summed E-state index contributed by atoms with van der Waals surface area (Å²) >= 11 is 11.0. The van der Waals surface area contributed by atoms with E-state index in [-0.39, 0.29) is 9.34 Å². The number of sulfonamides is 1. The lowest BCUT2D eigenvalue weighted by Crippen LogP contribution is -2.11. The van der Waals surface area contributed by atoms with Gasteiger partial charge in [0.1, 0.15) is 8.55 Å². The van der Waals surface area contributed by atoms with E-state index in [4.69, 9.17) is 11.6 Å². The Balaban J connectivity index is 1.86. The number of halogens is 2. The highest BCUT2D eigenvalue weighted by Gasteiger charge is 2.21. The minimum atomic E-state index is -3.72. The number of anilines is 1. The van der Waals surface area contributed by atoms with Gasteiger partial charge in [-0.3, -0.25) is 4.72 Å². The predicted molar refractivity (Wildman–Crippen MR) is 93.2 cm³/mol. The minimum absolute atomic E-state index is 0.112. The smallest absolute Gasteiger partial charge is 0.253 e. The van der Waals surface area contributed by atoms with Crippen molar-refractivity contribution >= 4 is 65.6 Å². The zero-order valence-electron chi connectivity index (χ0n) is 10.7. The molecule has 3 aromatic rings. The van der Waals surface area contributed by atoms with Gasteiger partial charge in [0, 0.05) is 21.6 Å². The van der Waals surface area contributed by atoms with Gasteiger partial charge in [0.2, 0.25) is 5.13 Å². The molecule has 1 aromatic carbocycles. The highest BCUT2D eigenvalue weighted by molar-refractivity contribution is 9.10. The molecule has 2 heterocycles. The SMILES string of the molecule is O=S(=O)(Nc1nc(-c2ccccc2)ns1)c1cc(Br)c(Cl)s1. The van der Waals surface area contributed by atoms with E-state index in [0.29, 0.717) is 14.6 Å². The maximum atomic E-state index is 12.3. The van der Waals surface area contributed by atoms with Crippen LogP contribution in [0.4, 0.5) is 5.13 Å². The number of benzene rings is 1. The molecule has 0 fully saturated rings. The molecule has 0 saturated carbocycles. The molecule has 0 amide bonds. The monoisotopic (exact) mass is 435 g/mol. The van der Waals surface area contributed by atoms with Crippen LogP contribution in [0.2, 0.25) is 4.34 Å². The van der Waals surface area contributed by atoms with Crippen LogP contribution in [0.3, 0.4) is 0 Å². The van der Waals surface area contributed by atoms with Crippen LogP contribution in [0.5, 0.6) is 0 Å². The lowest BCUT2D eigenvalue weighted by atomic mass is 10.2. The van der Waals surface area contributed by atoms with E-state index in [0.717, 1.165) is 28.4 Å². The number of hydrogen-bond acceptors (Lipinski definition) is 6. The number of nitrogens with zero attached hydrogens (tertiary/aromatic N) is 2. The first-order chi connectivity index (χ1) is 10.5. The number of aromatic nitrogens is 2. The molecule has 3 rings (SSSR count). The highest BCUT2D eigenvalue weighted by atomic mass is 79.9. The highest BCUT2D eigenvalue weighted by Crippen LogP contribution is 2.35. The van der Waals surface area contributed by atoms with E-state index in [1.54, 1.807) is 0 Å². The maximum absolute atomic E-state index is 12.3. The first kappa shape index (κ1) is 15.9. The molecule has 0 unspecified atom stereocenters. The van der Waals surface area contributed by atoms with Crippen molar-refractivity contribution in [2.45, 2.75) is 4.21 Å². The Morgan fingerprint density at radius 1 is 1.23 bits per heavy atom. The molecule has 0 aliphatic rings. The van der Waals surface area contributed by atoms with Gasteiger partial charge in [0.15, 0.2) is 5.82 Å². The van der Waals surface area contributed by atoms with Crippen molar-refractivity contribution < 1.29 is 8.42 Å². The first-order valence-electron chi connectivity index (χ1n) is 5.82. The van der Waals surface area contributed by atoms with E-state index >= 15 is 0 Å². The number of thiophene rings is 1. The molecule has 10 heteroatoms. The minimum Gasteiger partial charge on any atom is -0.253 e. The predicted octanol–water partition coefficient (Wildman–Crippen LogP) is 4.48. The summed E-state index contributed by atoms with van der Waals surface area (Å²) in [6.45, 7) is 0. The van der Waals surface area contributed by atoms with Gasteiger partial charge in [0.05, 0.1) is 0 Å². The van der Waals surface area contributed by atoms with E-state index in [2.05, 4.69) is 30.0 Å². The Kier molecular flexibility index (Phi) is 4.51.